The maximum atomic E-state index is 13.2. The highest BCUT2D eigenvalue weighted by molar-refractivity contribution is 5.94. The van der Waals surface area contributed by atoms with Crippen molar-refractivity contribution in [3.8, 4) is 5.75 Å². The molecule has 2 heterocycles. The maximum absolute atomic E-state index is 13.2. The molecule has 30 heavy (non-hydrogen) atoms. The number of hydrogen-bond donors (Lipinski definition) is 0. The molecule has 5 nitrogen and oxygen atoms in total. The Morgan fingerprint density at radius 3 is 2.67 bits per heavy atom. The van der Waals surface area contributed by atoms with E-state index in [0.717, 1.165) is 24.2 Å². The first-order valence-corrected chi connectivity index (χ1v) is 10.1. The Morgan fingerprint density at radius 2 is 1.87 bits per heavy atom. The van der Waals surface area contributed by atoms with Crippen LogP contribution in [0.4, 0.5) is 10.1 Å². The third-order valence-electron chi connectivity index (χ3n) is 5.18. The van der Waals surface area contributed by atoms with Gasteiger partial charge in [-0.1, -0.05) is 12.1 Å². The first kappa shape index (κ1) is 19.9. The lowest BCUT2D eigenvalue weighted by Gasteiger charge is -2.24. The third-order valence-corrected chi connectivity index (χ3v) is 5.18. The van der Waals surface area contributed by atoms with E-state index in [2.05, 4.69) is 9.88 Å². The second-order valence-corrected chi connectivity index (χ2v) is 7.29. The Kier molecular flexibility index (Phi) is 6.23. The predicted octanol–water partition coefficient (Wildman–Crippen LogP) is 4.15. The van der Waals surface area contributed by atoms with Crippen molar-refractivity contribution in [1.82, 2.24) is 9.88 Å². The number of anilines is 1. The lowest BCUT2D eigenvalue weighted by molar-refractivity contribution is 0.0766. The van der Waals surface area contributed by atoms with Crippen LogP contribution in [0.25, 0.3) is 0 Å². The van der Waals surface area contributed by atoms with Gasteiger partial charge in [0.1, 0.15) is 18.2 Å². The number of amides is 1. The minimum absolute atomic E-state index is 0.00258. The van der Waals surface area contributed by atoms with E-state index in [-0.39, 0.29) is 11.7 Å². The van der Waals surface area contributed by atoms with Crippen LogP contribution >= 0.6 is 0 Å². The van der Waals surface area contributed by atoms with Crippen molar-refractivity contribution >= 4 is 11.6 Å². The van der Waals surface area contributed by atoms with Gasteiger partial charge in [0, 0.05) is 55.4 Å². The molecule has 1 aromatic heterocycles. The Labute approximate surface area is 175 Å². The van der Waals surface area contributed by atoms with E-state index in [1.54, 1.807) is 30.6 Å². The van der Waals surface area contributed by atoms with Crippen molar-refractivity contribution in [3.63, 3.8) is 0 Å². The zero-order chi connectivity index (χ0) is 20.8. The molecule has 1 aliphatic heterocycles. The normalized spacial score (nSPS) is 14.3. The Morgan fingerprint density at radius 1 is 1.00 bits per heavy atom. The van der Waals surface area contributed by atoms with Gasteiger partial charge in [-0.25, -0.2) is 4.39 Å². The van der Waals surface area contributed by atoms with Crippen LogP contribution in [0.15, 0.2) is 73.1 Å². The summed E-state index contributed by atoms with van der Waals surface area (Å²) in [6.07, 6.45) is 4.35. The van der Waals surface area contributed by atoms with Crippen LogP contribution in [-0.4, -0.2) is 42.0 Å². The van der Waals surface area contributed by atoms with Crippen molar-refractivity contribution in [2.45, 2.75) is 13.0 Å². The number of pyridine rings is 1. The van der Waals surface area contributed by atoms with Crippen molar-refractivity contribution in [3.05, 3.63) is 90.0 Å². The largest absolute Gasteiger partial charge is 0.489 e. The monoisotopic (exact) mass is 405 g/mol. The minimum Gasteiger partial charge on any atom is -0.489 e. The molecule has 3 aromatic rings. The molecule has 1 fully saturated rings. The highest BCUT2D eigenvalue weighted by atomic mass is 19.1. The molecule has 6 heteroatoms. The molecule has 0 N–H and O–H groups in total. The van der Waals surface area contributed by atoms with Gasteiger partial charge in [-0.05, 0) is 55.0 Å². The Bertz CT molecular complexity index is 979. The van der Waals surface area contributed by atoms with Gasteiger partial charge >= 0.3 is 0 Å². The molecular formula is C24H24FN3O2. The molecule has 0 spiro atoms. The van der Waals surface area contributed by atoms with E-state index < -0.39 is 0 Å². The van der Waals surface area contributed by atoms with E-state index in [0.29, 0.717) is 37.6 Å². The van der Waals surface area contributed by atoms with Gasteiger partial charge in [0.25, 0.3) is 5.91 Å². The molecule has 1 amide bonds. The molecule has 0 aliphatic carbocycles. The van der Waals surface area contributed by atoms with Gasteiger partial charge in [0.15, 0.2) is 0 Å². The standard InChI is InChI=1S/C24H24FN3O2/c25-21-7-9-22(10-8-21)27-12-3-13-28(15-14-27)24(29)20-5-1-6-23(16-20)30-18-19-4-2-11-26-17-19/h1-2,4-11,16-17H,3,12-15,18H2. The molecule has 0 bridgehead atoms. The van der Waals surface area contributed by atoms with Crippen molar-refractivity contribution in [2.24, 2.45) is 0 Å². The average Bonchev–Trinajstić information content (AvgIpc) is 3.05. The van der Waals surface area contributed by atoms with Crippen LogP contribution in [0.5, 0.6) is 5.75 Å². The van der Waals surface area contributed by atoms with E-state index in [4.69, 9.17) is 4.74 Å². The Balaban J connectivity index is 1.38. The number of nitrogens with zero attached hydrogens (tertiary/aromatic N) is 3. The van der Waals surface area contributed by atoms with Crippen LogP contribution in [0, 0.1) is 5.82 Å². The van der Waals surface area contributed by atoms with Crippen LogP contribution in [-0.2, 0) is 6.61 Å². The van der Waals surface area contributed by atoms with Crippen LogP contribution in [0.2, 0.25) is 0 Å². The average molecular weight is 405 g/mol. The van der Waals surface area contributed by atoms with Gasteiger partial charge in [0.2, 0.25) is 0 Å². The van der Waals surface area contributed by atoms with Gasteiger partial charge < -0.3 is 14.5 Å². The van der Waals surface area contributed by atoms with Gasteiger partial charge in [-0.2, -0.15) is 0 Å². The first-order chi connectivity index (χ1) is 14.7. The lowest BCUT2D eigenvalue weighted by Crippen LogP contribution is -2.35. The van der Waals surface area contributed by atoms with E-state index >= 15 is 0 Å². The van der Waals surface area contributed by atoms with Gasteiger partial charge in [0.05, 0.1) is 0 Å². The molecule has 0 saturated carbocycles. The molecule has 4 rings (SSSR count). The third kappa shape index (κ3) is 4.95. The number of hydrogen-bond acceptors (Lipinski definition) is 4. The highest BCUT2D eigenvalue weighted by Crippen LogP contribution is 2.20. The summed E-state index contributed by atoms with van der Waals surface area (Å²) in [5.41, 5.74) is 2.58. The fraction of sp³-hybridized carbons (Fsp3) is 0.250. The topological polar surface area (TPSA) is 45.7 Å². The number of carbonyl (C=O) groups excluding carboxylic acids is 1. The van der Waals surface area contributed by atoms with E-state index in [1.807, 2.05) is 35.2 Å². The van der Waals surface area contributed by atoms with Gasteiger partial charge in [-0.3, -0.25) is 9.78 Å². The summed E-state index contributed by atoms with van der Waals surface area (Å²) in [5.74, 6) is 0.422. The smallest absolute Gasteiger partial charge is 0.254 e. The van der Waals surface area contributed by atoms with Crippen molar-refractivity contribution in [1.29, 1.82) is 0 Å². The van der Waals surface area contributed by atoms with E-state index in [9.17, 15) is 9.18 Å². The summed E-state index contributed by atoms with van der Waals surface area (Å²) >= 11 is 0. The lowest BCUT2D eigenvalue weighted by atomic mass is 10.2. The van der Waals surface area contributed by atoms with Crippen molar-refractivity contribution < 1.29 is 13.9 Å². The molecule has 2 aromatic carbocycles. The summed E-state index contributed by atoms with van der Waals surface area (Å²) in [6, 6.07) is 17.6. The maximum Gasteiger partial charge on any atom is 0.254 e. The number of rotatable bonds is 5. The van der Waals surface area contributed by atoms with Crippen molar-refractivity contribution in [2.75, 3.05) is 31.1 Å². The second-order valence-electron chi connectivity index (χ2n) is 7.29. The number of benzene rings is 2. The zero-order valence-electron chi connectivity index (χ0n) is 16.7. The van der Waals surface area contributed by atoms with Crippen LogP contribution < -0.4 is 9.64 Å². The molecular weight excluding hydrogens is 381 g/mol. The molecule has 154 valence electrons. The zero-order valence-corrected chi connectivity index (χ0v) is 16.7. The highest BCUT2D eigenvalue weighted by Gasteiger charge is 2.21. The number of carbonyl (C=O) groups is 1. The molecule has 0 atom stereocenters. The Hall–Kier alpha value is -3.41. The quantitative estimate of drug-likeness (QED) is 0.640. The summed E-state index contributed by atoms with van der Waals surface area (Å²) in [5, 5.41) is 0. The molecule has 1 saturated heterocycles. The second kappa shape index (κ2) is 9.39. The van der Waals surface area contributed by atoms with Crippen LogP contribution in [0.3, 0.4) is 0 Å². The fourth-order valence-electron chi connectivity index (χ4n) is 3.58. The summed E-state index contributed by atoms with van der Waals surface area (Å²) in [7, 11) is 0. The number of halogens is 1. The first-order valence-electron chi connectivity index (χ1n) is 10.1. The fourth-order valence-corrected chi connectivity index (χ4v) is 3.58. The number of aromatic nitrogens is 1. The van der Waals surface area contributed by atoms with Gasteiger partial charge in [-0.15, -0.1) is 0 Å². The molecule has 1 aliphatic rings. The minimum atomic E-state index is -0.240. The summed E-state index contributed by atoms with van der Waals surface area (Å²) in [4.78, 5) is 21.2. The van der Waals surface area contributed by atoms with E-state index in [1.165, 1.54) is 12.1 Å². The molecule has 0 unspecified atom stereocenters. The SMILES string of the molecule is O=C(c1cccc(OCc2cccnc2)c1)N1CCCN(c2ccc(F)cc2)CC1. The molecule has 0 radical (unpaired) electrons. The summed E-state index contributed by atoms with van der Waals surface area (Å²) < 4.78 is 19.0. The summed E-state index contributed by atoms with van der Waals surface area (Å²) in [6.45, 7) is 3.27. The van der Waals surface area contributed by atoms with Crippen LogP contribution in [0.1, 0.15) is 22.3 Å². The number of ether oxygens (including phenoxy) is 1. The predicted molar refractivity (Wildman–Crippen MR) is 114 cm³/mol.